The minimum Gasteiger partial charge on any atom is -0.385 e. The maximum absolute atomic E-state index is 12.3. The number of halogens is 4. The molecule has 14 heavy (non-hydrogen) atoms. The topological polar surface area (TPSA) is 12.0 Å². The van der Waals surface area contributed by atoms with E-state index in [4.69, 9.17) is 0 Å². The monoisotopic (exact) mass is 269 g/mol. The van der Waals surface area contributed by atoms with Gasteiger partial charge < -0.3 is 5.32 Å². The third-order valence-electron chi connectivity index (χ3n) is 1.60. The fraction of sp³-hybridized carbons (Fsp3) is 0.333. The summed E-state index contributed by atoms with van der Waals surface area (Å²) in [6.45, 7) is 2.24. The summed E-state index contributed by atoms with van der Waals surface area (Å²) in [7, 11) is 0. The quantitative estimate of drug-likeness (QED) is 0.863. The van der Waals surface area contributed by atoms with E-state index in [9.17, 15) is 13.2 Å². The van der Waals surface area contributed by atoms with Gasteiger partial charge in [0.2, 0.25) is 0 Å². The highest BCUT2D eigenvalue weighted by molar-refractivity contribution is 8.93. The summed E-state index contributed by atoms with van der Waals surface area (Å²) in [5.41, 5.74) is -0.477. The number of benzene rings is 1. The molecule has 0 heterocycles. The van der Waals surface area contributed by atoms with Gasteiger partial charge in [0.05, 0.1) is 5.56 Å². The van der Waals surface area contributed by atoms with Gasteiger partial charge in [-0.25, -0.2) is 0 Å². The molecule has 5 heteroatoms. The van der Waals surface area contributed by atoms with E-state index in [0.717, 1.165) is 6.07 Å². The molecule has 0 aliphatic rings. The van der Waals surface area contributed by atoms with Crippen LogP contribution in [0, 0.1) is 0 Å². The molecule has 1 aromatic carbocycles. The summed E-state index contributed by atoms with van der Waals surface area (Å²) in [4.78, 5) is 0. The molecule has 0 aliphatic carbocycles. The highest BCUT2D eigenvalue weighted by atomic mass is 79.9. The number of rotatable bonds is 2. The first-order valence-corrected chi connectivity index (χ1v) is 3.95. The fourth-order valence-electron chi connectivity index (χ4n) is 1.07. The van der Waals surface area contributed by atoms with E-state index < -0.39 is 11.7 Å². The molecule has 0 saturated heterocycles. The van der Waals surface area contributed by atoms with Crippen LogP contribution in [0.1, 0.15) is 12.5 Å². The van der Waals surface area contributed by atoms with Crippen molar-refractivity contribution in [3.8, 4) is 0 Å². The molecular weight excluding hydrogens is 259 g/mol. The predicted molar refractivity (Wildman–Crippen MR) is 55.9 cm³/mol. The summed E-state index contributed by atoms with van der Waals surface area (Å²) in [5.74, 6) is 0. The van der Waals surface area contributed by atoms with Gasteiger partial charge in [0.25, 0.3) is 0 Å². The van der Waals surface area contributed by atoms with Crippen LogP contribution in [0.25, 0.3) is 0 Å². The van der Waals surface area contributed by atoms with Gasteiger partial charge in [-0.3, -0.25) is 0 Å². The van der Waals surface area contributed by atoms with Gasteiger partial charge in [-0.15, -0.1) is 17.0 Å². The van der Waals surface area contributed by atoms with Crippen molar-refractivity contribution in [2.75, 3.05) is 11.9 Å². The Morgan fingerprint density at radius 2 is 1.79 bits per heavy atom. The molecule has 0 unspecified atom stereocenters. The average Bonchev–Trinajstić information content (AvgIpc) is 2.04. The van der Waals surface area contributed by atoms with Gasteiger partial charge in [-0.2, -0.15) is 13.2 Å². The van der Waals surface area contributed by atoms with E-state index in [0.29, 0.717) is 6.54 Å². The number of anilines is 1. The number of hydrogen-bond acceptors (Lipinski definition) is 1. The lowest BCUT2D eigenvalue weighted by Crippen LogP contribution is -2.10. The van der Waals surface area contributed by atoms with Crippen LogP contribution in [0.4, 0.5) is 18.9 Å². The van der Waals surface area contributed by atoms with Crippen molar-refractivity contribution in [2.45, 2.75) is 13.1 Å². The molecule has 1 rings (SSSR count). The molecular formula is C9H11BrF3N. The summed E-state index contributed by atoms with van der Waals surface area (Å²) >= 11 is 0. The molecule has 0 radical (unpaired) electrons. The Bertz CT molecular complexity index is 286. The largest absolute Gasteiger partial charge is 0.418 e. The van der Waals surface area contributed by atoms with Crippen molar-refractivity contribution in [2.24, 2.45) is 0 Å². The van der Waals surface area contributed by atoms with Crippen LogP contribution in [-0.4, -0.2) is 6.54 Å². The maximum atomic E-state index is 12.3. The SMILES string of the molecule is Br.CCNc1ccccc1C(F)(F)F. The zero-order valence-corrected chi connectivity index (χ0v) is 9.27. The van der Waals surface area contributed by atoms with Gasteiger partial charge in [0, 0.05) is 12.2 Å². The molecule has 1 nitrogen and oxygen atoms in total. The lowest BCUT2D eigenvalue weighted by atomic mass is 10.1. The van der Waals surface area contributed by atoms with Crippen molar-refractivity contribution >= 4 is 22.7 Å². The average molecular weight is 270 g/mol. The number of hydrogen-bond donors (Lipinski definition) is 1. The molecule has 0 aliphatic heterocycles. The standard InChI is InChI=1S/C9H10F3N.BrH/c1-2-13-8-6-4-3-5-7(8)9(10,11)12;/h3-6,13H,2H2,1H3;1H. The Morgan fingerprint density at radius 1 is 1.21 bits per heavy atom. The predicted octanol–water partition coefficient (Wildman–Crippen LogP) is 3.72. The molecule has 0 saturated carbocycles. The Labute approximate surface area is 91.1 Å². The Balaban J connectivity index is 0.00000169. The molecule has 0 amide bonds. The van der Waals surface area contributed by atoms with E-state index in [1.54, 1.807) is 13.0 Å². The third-order valence-corrected chi connectivity index (χ3v) is 1.60. The first kappa shape index (κ1) is 13.3. The van der Waals surface area contributed by atoms with Crippen molar-refractivity contribution in [3.05, 3.63) is 29.8 Å². The normalized spacial score (nSPS) is 10.6. The Morgan fingerprint density at radius 3 is 2.29 bits per heavy atom. The van der Waals surface area contributed by atoms with Crippen LogP contribution in [0.5, 0.6) is 0 Å². The van der Waals surface area contributed by atoms with Gasteiger partial charge in [0.1, 0.15) is 0 Å². The minimum atomic E-state index is -4.28. The van der Waals surface area contributed by atoms with Crippen LogP contribution in [0.3, 0.4) is 0 Å². The minimum absolute atomic E-state index is 0. The molecule has 1 aromatic rings. The molecule has 0 spiro atoms. The zero-order valence-electron chi connectivity index (χ0n) is 7.56. The molecule has 0 aromatic heterocycles. The van der Waals surface area contributed by atoms with E-state index >= 15 is 0 Å². The van der Waals surface area contributed by atoms with Crippen LogP contribution in [-0.2, 0) is 6.18 Å². The molecule has 0 bridgehead atoms. The summed E-state index contributed by atoms with van der Waals surface area (Å²) in [6.07, 6.45) is -4.28. The highest BCUT2D eigenvalue weighted by Gasteiger charge is 2.32. The Hall–Kier alpha value is -0.710. The highest BCUT2D eigenvalue weighted by Crippen LogP contribution is 2.34. The van der Waals surface area contributed by atoms with Crippen LogP contribution >= 0.6 is 17.0 Å². The van der Waals surface area contributed by atoms with E-state index in [-0.39, 0.29) is 22.7 Å². The summed E-state index contributed by atoms with van der Waals surface area (Å²) < 4.78 is 37.0. The molecule has 1 N–H and O–H groups in total. The van der Waals surface area contributed by atoms with E-state index in [2.05, 4.69) is 5.32 Å². The lowest BCUT2D eigenvalue weighted by molar-refractivity contribution is -0.136. The van der Waals surface area contributed by atoms with Gasteiger partial charge >= 0.3 is 6.18 Å². The summed E-state index contributed by atoms with van der Waals surface area (Å²) in [5, 5.41) is 2.66. The van der Waals surface area contributed by atoms with E-state index in [1.807, 2.05) is 0 Å². The molecule has 0 atom stereocenters. The summed E-state index contributed by atoms with van der Waals surface area (Å²) in [6, 6.07) is 5.45. The first-order chi connectivity index (χ1) is 6.05. The molecule has 80 valence electrons. The van der Waals surface area contributed by atoms with Gasteiger partial charge in [0.15, 0.2) is 0 Å². The van der Waals surface area contributed by atoms with Crippen molar-refractivity contribution in [3.63, 3.8) is 0 Å². The number of alkyl halides is 3. The lowest BCUT2D eigenvalue weighted by Gasteiger charge is -2.12. The number of para-hydroxylation sites is 1. The second-order valence-corrected chi connectivity index (χ2v) is 2.57. The third kappa shape index (κ3) is 3.21. The fourth-order valence-corrected chi connectivity index (χ4v) is 1.07. The van der Waals surface area contributed by atoms with E-state index in [1.165, 1.54) is 12.1 Å². The first-order valence-electron chi connectivity index (χ1n) is 3.95. The van der Waals surface area contributed by atoms with Gasteiger partial charge in [-0.1, -0.05) is 12.1 Å². The van der Waals surface area contributed by atoms with Crippen molar-refractivity contribution in [1.29, 1.82) is 0 Å². The maximum Gasteiger partial charge on any atom is 0.418 e. The van der Waals surface area contributed by atoms with Crippen LogP contribution in [0.2, 0.25) is 0 Å². The van der Waals surface area contributed by atoms with Gasteiger partial charge in [-0.05, 0) is 19.1 Å². The second kappa shape index (κ2) is 5.24. The molecule has 0 fully saturated rings. The zero-order chi connectivity index (χ0) is 9.90. The van der Waals surface area contributed by atoms with Crippen LogP contribution < -0.4 is 5.32 Å². The second-order valence-electron chi connectivity index (χ2n) is 2.57. The van der Waals surface area contributed by atoms with Crippen molar-refractivity contribution < 1.29 is 13.2 Å². The van der Waals surface area contributed by atoms with Crippen LogP contribution in [0.15, 0.2) is 24.3 Å². The van der Waals surface area contributed by atoms with Crippen molar-refractivity contribution in [1.82, 2.24) is 0 Å². The Kier molecular flexibility index (Phi) is 4.97. The smallest absolute Gasteiger partial charge is 0.385 e. The number of nitrogens with one attached hydrogen (secondary N) is 1.